The Kier molecular flexibility index (Phi) is 4.34. The van der Waals surface area contributed by atoms with Crippen LogP contribution in [0.5, 0.6) is 0 Å². The molecule has 0 radical (unpaired) electrons. The molecule has 17 heavy (non-hydrogen) atoms. The van der Waals surface area contributed by atoms with Gasteiger partial charge < -0.3 is 9.52 Å². The average molecular weight is 260 g/mol. The zero-order valence-electron chi connectivity index (χ0n) is 9.84. The third-order valence-corrected chi connectivity index (χ3v) is 4.22. The van der Waals surface area contributed by atoms with E-state index in [0.29, 0.717) is 0 Å². The lowest BCUT2D eigenvalue weighted by Gasteiger charge is -2.08. The van der Waals surface area contributed by atoms with Crippen molar-refractivity contribution in [2.45, 2.75) is 31.8 Å². The Labute approximate surface area is 100 Å². The first-order valence-corrected chi connectivity index (χ1v) is 7.08. The summed E-state index contributed by atoms with van der Waals surface area (Å²) < 4.78 is 28.5. The summed E-state index contributed by atoms with van der Waals surface area (Å²) in [6.07, 6.45) is 1.72. The van der Waals surface area contributed by atoms with Crippen LogP contribution in [0.2, 0.25) is 0 Å². The highest BCUT2D eigenvalue weighted by Gasteiger charge is 2.23. The first-order chi connectivity index (χ1) is 7.86. The predicted molar refractivity (Wildman–Crippen MR) is 61.8 cm³/mol. The fourth-order valence-electron chi connectivity index (χ4n) is 1.64. The second kappa shape index (κ2) is 5.35. The van der Waals surface area contributed by atoms with Crippen LogP contribution in [0.15, 0.2) is 21.6 Å². The summed E-state index contributed by atoms with van der Waals surface area (Å²) in [5.41, 5.74) is 0. The zero-order valence-corrected chi connectivity index (χ0v) is 10.7. The van der Waals surface area contributed by atoms with Crippen molar-refractivity contribution in [2.75, 3.05) is 5.75 Å². The van der Waals surface area contributed by atoms with Gasteiger partial charge >= 0.3 is 5.97 Å². The van der Waals surface area contributed by atoms with Crippen molar-refractivity contribution in [3.05, 3.63) is 17.9 Å². The molecule has 0 saturated carbocycles. The van der Waals surface area contributed by atoms with E-state index in [2.05, 4.69) is 0 Å². The third-order valence-electron chi connectivity index (χ3n) is 2.38. The van der Waals surface area contributed by atoms with Crippen molar-refractivity contribution in [3.63, 3.8) is 0 Å². The van der Waals surface area contributed by atoms with Crippen LogP contribution in [0.25, 0.3) is 0 Å². The minimum Gasteiger partial charge on any atom is -0.475 e. The Morgan fingerprint density at radius 3 is 2.59 bits per heavy atom. The van der Waals surface area contributed by atoms with Gasteiger partial charge in [-0.2, -0.15) is 0 Å². The van der Waals surface area contributed by atoms with Gasteiger partial charge in [0, 0.05) is 0 Å². The van der Waals surface area contributed by atoms with Crippen LogP contribution in [-0.2, 0) is 9.84 Å². The quantitative estimate of drug-likeness (QED) is 0.847. The summed E-state index contributed by atoms with van der Waals surface area (Å²) in [6, 6.07) is 2.34. The van der Waals surface area contributed by atoms with Gasteiger partial charge in [-0.15, -0.1) is 0 Å². The van der Waals surface area contributed by atoms with Crippen molar-refractivity contribution >= 4 is 15.8 Å². The smallest absolute Gasteiger partial charge is 0.371 e. The summed E-state index contributed by atoms with van der Waals surface area (Å²) >= 11 is 0. The molecular weight excluding hydrogens is 244 g/mol. The van der Waals surface area contributed by atoms with Gasteiger partial charge in [0.05, 0.1) is 5.75 Å². The maximum atomic E-state index is 11.9. The summed E-state index contributed by atoms with van der Waals surface area (Å²) in [5.74, 6) is -1.61. The van der Waals surface area contributed by atoms with Crippen LogP contribution in [0.4, 0.5) is 0 Å². The number of rotatable bonds is 6. The first-order valence-electron chi connectivity index (χ1n) is 5.42. The van der Waals surface area contributed by atoms with Crippen LogP contribution in [0, 0.1) is 5.92 Å². The lowest BCUT2D eigenvalue weighted by atomic mass is 10.1. The number of sulfone groups is 1. The fourth-order valence-corrected chi connectivity index (χ4v) is 3.21. The molecule has 1 heterocycles. The van der Waals surface area contributed by atoms with Crippen LogP contribution in [0.3, 0.4) is 0 Å². The van der Waals surface area contributed by atoms with Crippen molar-refractivity contribution in [1.82, 2.24) is 0 Å². The molecule has 1 N–H and O–H groups in total. The molecule has 1 unspecified atom stereocenters. The Hall–Kier alpha value is -1.30. The summed E-state index contributed by atoms with van der Waals surface area (Å²) in [5, 5.41) is 8.38. The van der Waals surface area contributed by atoms with Crippen LogP contribution in [-0.4, -0.2) is 25.2 Å². The van der Waals surface area contributed by atoms with Crippen molar-refractivity contribution in [2.24, 2.45) is 5.92 Å². The normalized spacial score (nSPS) is 13.5. The van der Waals surface area contributed by atoms with E-state index in [1.54, 1.807) is 0 Å². The molecular formula is C11H16O5S. The molecule has 5 nitrogen and oxygen atoms in total. The average Bonchev–Trinajstić information content (AvgIpc) is 2.65. The van der Waals surface area contributed by atoms with E-state index in [9.17, 15) is 13.2 Å². The van der Waals surface area contributed by atoms with Crippen LogP contribution >= 0.6 is 0 Å². The SMILES string of the molecule is CCCC(C)CS(=O)(=O)c1ccc(C(=O)O)o1. The van der Waals surface area contributed by atoms with Gasteiger partial charge in [0.15, 0.2) is 0 Å². The summed E-state index contributed by atoms with van der Waals surface area (Å²) in [4.78, 5) is 10.6. The number of carbonyl (C=O) groups is 1. The van der Waals surface area contributed by atoms with Crippen molar-refractivity contribution in [3.8, 4) is 0 Å². The van der Waals surface area contributed by atoms with E-state index in [0.717, 1.165) is 18.9 Å². The number of aromatic carboxylic acids is 1. The first kappa shape index (κ1) is 13.8. The molecule has 1 atom stereocenters. The highest BCUT2D eigenvalue weighted by Crippen LogP contribution is 2.19. The zero-order chi connectivity index (χ0) is 13.1. The van der Waals surface area contributed by atoms with E-state index < -0.39 is 15.8 Å². The molecule has 0 bridgehead atoms. The molecule has 0 aromatic carbocycles. The fraction of sp³-hybridized carbons (Fsp3) is 0.545. The van der Waals surface area contributed by atoms with Gasteiger partial charge in [0.25, 0.3) is 0 Å². The highest BCUT2D eigenvalue weighted by atomic mass is 32.2. The van der Waals surface area contributed by atoms with Gasteiger partial charge in [0.1, 0.15) is 0 Å². The van der Waals surface area contributed by atoms with E-state index >= 15 is 0 Å². The van der Waals surface area contributed by atoms with Gasteiger partial charge in [0.2, 0.25) is 20.7 Å². The Balaban J connectivity index is 2.86. The molecule has 1 aromatic heterocycles. The summed E-state index contributed by atoms with van der Waals surface area (Å²) in [7, 11) is -3.52. The Morgan fingerprint density at radius 1 is 1.47 bits per heavy atom. The number of hydrogen-bond acceptors (Lipinski definition) is 4. The van der Waals surface area contributed by atoms with Crippen molar-refractivity contribution in [1.29, 1.82) is 0 Å². The molecule has 0 saturated heterocycles. The second-order valence-corrected chi connectivity index (χ2v) is 6.06. The lowest BCUT2D eigenvalue weighted by molar-refractivity contribution is 0.0656. The maximum Gasteiger partial charge on any atom is 0.371 e. The molecule has 1 aromatic rings. The molecule has 1 rings (SSSR count). The number of carboxylic acids is 1. The number of furan rings is 1. The minimum absolute atomic E-state index is 0.0204. The molecule has 0 spiro atoms. The molecule has 0 aliphatic rings. The topological polar surface area (TPSA) is 84.6 Å². The number of hydrogen-bond donors (Lipinski definition) is 1. The lowest BCUT2D eigenvalue weighted by Crippen LogP contribution is -2.13. The Bertz CT molecular complexity index is 486. The molecule has 96 valence electrons. The molecule has 0 aliphatic carbocycles. The Morgan fingerprint density at radius 2 is 2.12 bits per heavy atom. The van der Waals surface area contributed by atoms with Gasteiger partial charge in [-0.05, 0) is 24.5 Å². The molecule has 0 aliphatic heterocycles. The molecule has 6 heteroatoms. The molecule has 0 fully saturated rings. The minimum atomic E-state index is -3.52. The van der Waals surface area contributed by atoms with E-state index in [1.807, 2.05) is 13.8 Å². The third kappa shape index (κ3) is 3.59. The number of carboxylic acid groups (broad SMARTS) is 1. The summed E-state index contributed by atoms with van der Waals surface area (Å²) in [6.45, 7) is 3.83. The van der Waals surface area contributed by atoms with Crippen molar-refractivity contribution < 1.29 is 22.7 Å². The van der Waals surface area contributed by atoms with Gasteiger partial charge in [-0.1, -0.05) is 20.3 Å². The molecule has 0 amide bonds. The van der Waals surface area contributed by atoms with Crippen LogP contribution in [0.1, 0.15) is 37.2 Å². The van der Waals surface area contributed by atoms with E-state index in [4.69, 9.17) is 9.52 Å². The standard InChI is InChI=1S/C11H16O5S/c1-3-4-8(2)7-17(14,15)10-6-5-9(16-10)11(12)13/h5-6,8H,3-4,7H2,1-2H3,(H,12,13). The monoisotopic (exact) mass is 260 g/mol. The maximum absolute atomic E-state index is 11.9. The highest BCUT2D eigenvalue weighted by molar-refractivity contribution is 7.91. The van der Waals surface area contributed by atoms with E-state index in [1.165, 1.54) is 6.07 Å². The second-order valence-electron chi connectivity index (χ2n) is 4.10. The van der Waals surface area contributed by atoms with E-state index in [-0.39, 0.29) is 22.5 Å². The predicted octanol–water partition coefficient (Wildman–Crippen LogP) is 2.19. The van der Waals surface area contributed by atoms with Crippen LogP contribution < -0.4 is 0 Å². The van der Waals surface area contributed by atoms with Gasteiger partial charge in [-0.25, -0.2) is 13.2 Å². The largest absolute Gasteiger partial charge is 0.475 e. The van der Waals surface area contributed by atoms with Gasteiger partial charge in [-0.3, -0.25) is 0 Å².